The number of quaternary nitrogens is 1. The second-order valence-electron chi connectivity index (χ2n) is 13.5. The van der Waals surface area contributed by atoms with E-state index in [-0.39, 0.29) is 42.5 Å². The Morgan fingerprint density at radius 2 is 1.11 bits per heavy atom. The predicted octanol–water partition coefficient (Wildman–Crippen LogP) is 7.40. The average Bonchev–Trinajstić information content (AvgIpc) is 3.23. The maximum atomic E-state index is 15.3. The quantitative estimate of drug-likeness (QED) is 0.0437. The topological polar surface area (TPSA) is 149 Å². The summed E-state index contributed by atoms with van der Waals surface area (Å²) in [5.41, 5.74) is 10.2. The highest BCUT2D eigenvalue weighted by atomic mass is 16.6. The molecule has 288 valence electrons. The Morgan fingerprint density at radius 1 is 0.661 bits per heavy atom. The van der Waals surface area contributed by atoms with Crippen LogP contribution >= 0.6 is 0 Å². The molecule has 4 amide bonds. The number of carbonyl (C=O) groups excluding carboxylic acids is 4. The molecular weight excluding hydrogens is 707 g/mol. The number of carbonyl (C=O) groups is 4. The fourth-order valence-corrected chi connectivity index (χ4v) is 6.69. The van der Waals surface area contributed by atoms with E-state index in [2.05, 4.69) is 15.6 Å². The van der Waals surface area contributed by atoms with E-state index in [0.717, 1.165) is 27.8 Å². The molecule has 0 radical (unpaired) electrons. The van der Waals surface area contributed by atoms with E-state index < -0.39 is 36.1 Å². The van der Waals surface area contributed by atoms with Crippen molar-refractivity contribution in [1.29, 1.82) is 0 Å². The maximum absolute atomic E-state index is 15.3. The normalized spacial score (nSPS) is 13.4. The van der Waals surface area contributed by atoms with Gasteiger partial charge in [-0.3, -0.25) is 10.1 Å². The van der Waals surface area contributed by atoms with Crippen molar-refractivity contribution < 1.29 is 33.1 Å². The Labute approximate surface area is 327 Å². The third-order valence-electron chi connectivity index (χ3n) is 9.84. The molecule has 5 aromatic rings. The number of hydrogen-bond donors (Lipinski definition) is 3. The Bertz CT molecular complexity index is 2010. The number of likely N-dealkylation sites (N-methyl/N-ethyl adjacent to an activating group) is 1. The van der Waals surface area contributed by atoms with Gasteiger partial charge in [-0.05, 0) is 35.6 Å². The van der Waals surface area contributed by atoms with Crippen LogP contribution in [0.2, 0.25) is 0 Å². The number of ether oxygens (including phenoxy) is 2. The number of hydrogen-bond acceptors (Lipinski definition) is 6. The highest BCUT2D eigenvalue weighted by molar-refractivity contribution is 5.98. The molecule has 0 aliphatic heterocycles. The molecule has 0 spiro atoms. The number of nitrogens with two attached hydrogens (primary N) is 1. The zero-order valence-electron chi connectivity index (χ0n) is 31.6. The monoisotopic (exact) mass is 754 g/mol. The largest absolute Gasteiger partial charge is 0.444 e. The SMILES string of the molecule is CC(c1ccccc1)[N@@+](C)(C(=O)C(c1ccccc1)c1ccccc1)[C@H](CCCNC(=NC(=O)OCc1ccccc1)NC(=O)OCc1ccccc1)C(N)=O. The predicted molar refractivity (Wildman–Crippen MR) is 215 cm³/mol. The van der Waals surface area contributed by atoms with E-state index in [4.69, 9.17) is 15.2 Å². The van der Waals surface area contributed by atoms with Crippen LogP contribution in [0.1, 0.15) is 59.5 Å². The van der Waals surface area contributed by atoms with E-state index >= 15 is 4.79 Å². The molecule has 1 unspecified atom stereocenters. The van der Waals surface area contributed by atoms with Crippen molar-refractivity contribution in [2.75, 3.05) is 13.6 Å². The molecule has 0 aliphatic carbocycles. The molecule has 0 saturated carbocycles. The first kappa shape index (κ1) is 40.6. The van der Waals surface area contributed by atoms with Gasteiger partial charge in [-0.2, -0.15) is 0 Å². The summed E-state index contributed by atoms with van der Waals surface area (Å²) in [7, 11) is 1.78. The van der Waals surface area contributed by atoms with E-state index in [1.807, 2.05) is 159 Å². The number of rotatable bonds is 15. The summed E-state index contributed by atoms with van der Waals surface area (Å²) in [5, 5.41) is 5.48. The van der Waals surface area contributed by atoms with Gasteiger partial charge in [0, 0.05) is 18.5 Å². The van der Waals surface area contributed by atoms with Gasteiger partial charge < -0.3 is 20.5 Å². The second kappa shape index (κ2) is 20.2. The summed E-state index contributed by atoms with van der Waals surface area (Å²) in [4.78, 5) is 58.4. The smallest absolute Gasteiger partial charge is 0.437 e. The van der Waals surface area contributed by atoms with Crippen LogP contribution in [0.3, 0.4) is 0 Å². The molecule has 0 fully saturated rings. The molecule has 3 atom stereocenters. The van der Waals surface area contributed by atoms with E-state index in [1.54, 1.807) is 7.05 Å². The number of aliphatic imine (C=N–C) groups is 1. The third kappa shape index (κ3) is 11.0. The maximum Gasteiger partial charge on any atom is 0.437 e. The lowest BCUT2D eigenvalue weighted by Gasteiger charge is -2.44. The van der Waals surface area contributed by atoms with E-state index in [0.29, 0.717) is 6.42 Å². The van der Waals surface area contributed by atoms with Crippen molar-refractivity contribution in [3.8, 4) is 0 Å². The van der Waals surface area contributed by atoms with E-state index in [9.17, 15) is 14.4 Å². The molecule has 11 nitrogen and oxygen atoms in total. The van der Waals surface area contributed by atoms with Crippen molar-refractivity contribution in [3.63, 3.8) is 0 Å². The highest BCUT2D eigenvalue weighted by Gasteiger charge is 2.51. The van der Waals surface area contributed by atoms with Gasteiger partial charge in [0.25, 0.3) is 5.91 Å². The summed E-state index contributed by atoms with van der Waals surface area (Å²) in [6.45, 7) is 2.05. The van der Waals surface area contributed by atoms with Crippen LogP contribution in [0, 0.1) is 0 Å². The average molecular weight is 755 g/mol. The summed E-state index contributed by atoms with van der Waals surface area (Å²) >= 11 is 0. The molecule has 0 aromatic heterocycles. The van der Waals surface area contributed by atoms with Crippen molar-refractivity contribution in [2.45, 2.75) is 51.0 Å². The molecule has 11 heteroatoms. The summed E-state index contributed by atoms with van der Waals surface area (Å²) in [6, 6.07) is 45.4. The Hall–Kier alpha value is -6.59. The Balaban J connectivity index is 1.37. The van der Waals surface area contributed by atoms with Crippen molar-refractivity contribution in [1.82, 2.24) is 10.6 Å². The van der Waals surface area contributed by atoms with Gasteiger partial charge in [0.05, 0.1) is 7.05 Å². The number of nitrogens with zero attached hydrogens (tertiary/aromatic N) is 2. The Kier molecular flexibility index (Phi) is 14.6. The molecule has 0 heterocycles. The molecule has 5 rings (SSSR count). The fourth-order valence-electron chi connectivity index (χ4n) is 6.69. The lowest BCUT2D eigenvalue weighted by molar-refractivity contribution is -0.881. The molecule has 4 N–H and O–H groups in total. The third-order valence-corrected chi connectivity index (χ3v) is 9.84. The van der Waals surface area contributed by atoms with Crippen molar-refractivity contribution >= 4 is 30.0 Å². The van der Waals surface area contributed by atoms with Crippen molar-refractivity contribution in [2.24, 2.45) is 10.7 Å². The first-order valence-electron chi connectivity index (χ1n) is 18.5. The van der Waals surface area contributed by atoms with Gasteiger partial charge in [0.1, 0.15) is 25.2 Å². The van der Waals surface area contributed by atoms with Gasteiger partial charge >= 0.3 is 18.1 Å². The zero-order chi connectivity index (χ0) is 39.8. The van der Waals surface area contributed by atoms with Crippen LogP contribution < -0.4 is 16.4 Å². The number of alkyl carbamates (subject to hydrolysis) is 1. The first-order valence-corrected chi connectivity index (χ1v) is 18.5. The lowest BCUT2D eigenvalue weighted by atomic mass is 9.86. The molecule has 56 heavy (non-hydrogen) atoms. The van der Waals surface area contributed by atoms with Crippen molar-refractivity contribution in [3.05, 3.63) is 179 Å². The van der Waals surface area contributed by atoms with E-state index in [1.165, 1.54) is 0 Å². The van der Waals surface area contributed by atoms with Crippen LogP contribution in [0.5, 0.6) is 0 Å². The standard InChI is InChI=1S/C45H47N5O6/c1-33(36-23-12-5-13-24-36)50(2,42(52)40(37-25-14-6-15-26-37)38-27-16-7-17-28-38)39(41(46)51)29-18-30-47-43(48-44(53)55-31-34-19-8-3-9-20-34)49-45(54)56-32-35-21-10-4-11-22-35/h3-17,19-28,33,39-40H,18,29-32H2,1-2H3,(H3-,46,47,48,49,51,53,54)/p+1/t33?,39-,50-/m1/s1. The molecule has 0 saturated heterocycles. The minimum atomic E-state index is -0.963. The summed E-state index contributed by atoms with van der Waals surface area (Å²) < 4.78 is 10.4. The number of guanidine groups is 1. The molecule has 5 aromatic carbocycles. The number of benzene rings is 5. The number of amides is 4. The Morgan fingerprint density at radius 3 is 1.59 bits per heavy atom. The molecule has 0 bridgehead atoms. The lowest BCUT2D eigenvalue weighted by Crippen LogP contribution is -2.63. The minimum absolute atomic E-state index is 0.00418. The highest BCUT2D eigenvalue weighted by Crippen LogP contribution is 2.38. The van der Waals surface area contributed by atoms with Crippen LogP contribution in [-0.4, -0.2) is 54.1 Å². The van der Waals surface area contributed by atoms with Gasteiger partial charge in [-0.25, -0.2) is 18.9 Å². The number of nitrogens with one attached hydrogen (secondary N) is 2. The minimum Gasteiger partial charge on any atom is -0.444 e. The van der Waals surface area contributed by atoms with Crippen LogP contribution in [0.15, 0.2) is 157 Å². The molecular formula is C45H48N5O6+. The van der Waals surface area contributed by atoms with Crippen LogP contribution in [-0.2, 0) is 32.3 Å². The van der Waals surface area contributed by atoms with Gasteiger partial charge in [0.2, 0.25) is 5.96 Å². The fraction of sp³-hybridized carbons (Fsp3) is 0.222. The molecule has 0 aliphatic rings. The van der Waals surface area contributed by atoms with Gasteiger partial charge in [-0.1, -0.05) is 152 Å². The zero-order valence-corrected chi connectivity index (χ0v) is 31.6. The van der Waals surface area contributed by atoms with Gasteiger partial charge in [0.15, 0.2) is 6.04 Å². The summed E-state index contributed by atoms with van der Waals surface area (Å²) in [5.74, 6) is -1.72. The van der Waals surface area contributed by atoms with Crippen LogP contribution in [0.25, 0.3) is 0 Å². The summed E-state index contributed by atoms with van der Waals surface area (Å²) in [6.07, 6.45) is -1.29. The first-order chi connectivity index (χ1) is 27.2. The van der Waals surface area contributed by atoms with Crippen LogP contribution in [0.4, 0.5) is 9.59 Å². The van der Waals surface area contributed by atoms with Gasteiger partial charge in [-0.15, -0.1) is 4.99 Å². The number of primary amides is 1. The second-order valence-corrected chi connectivity index (χ2v) is 13.5.